The van der Waals surface area contributed by atoms with Gasteiger partial charge in [-0.2, -0.15) is 0 Å². The van der Waals surface area contributed by atoms with E-state index in [1.165, 1.54) is 10.6 Å². The summed E-state index contributed by atoms with van der Waals surface area (Å²) in [6.45, 7) is 0.992. The highest BCUT2D eigenvalue weighted by molar-refractivity contribution is 7.98. The van der Waals surface area contributed by atoms with Crippen molar-refractivity contribution in [2.75, 3.05) is 18.1 Å². The maximum atomic E-state index is 11.1. The van der Waals surface area contributed by atoms with Gasteiger partial charge in [-0.25, -0.2) is 0 Å². The molecule has 0 saturated heterocycles. The summed E-state index contributed by atoms with van der Waals surface area (Å²) in [6.07, 6.45) is 5.74. The normalized spacial score (nSPS) is 17.1. The van der Waals surface area contributed by atoms with Crippen molar-refractivity contribution in [2.45, 2.75) is 30.6 Å². The summed E-state index contributed by atoms with van der Waals surface area (Å²) in [4.78, 5) is 12.4. The summed E-state index contributed by atoms with van der Waals surface area (Å²) < 4.78 is 0. The van der Waals surface area contributed by atoms with Crippen LogP contribution < -0.4 is 5.32 Å². The molecule has 0 bridgehead atoms. The molecule has 0 spiro atoms. The first-order chi connectivity index (χ1) is 8.28. The number of hydrogen-bond donors (Lipinski definition) is 1. The average Bonchev–Trinajstić information content (AvgIpc) is 2.39. The van der Waals surface area contributed by atoms with Gasteiger partial charge >= 0.3 is 0 Å². The lowest BCUT2D eigenvalue weighted by atomic mass is 9.88. The Morgan fingerprint density at radius 1 is 1.24 bits per heavy atom. The second-order valence-corrected chi connectivity index (χ2v) is 5.47. The van der Waals surface area contributed by atoms with E-state index in [1.54, 1.807) is 11.8 Å². The highest BCUT2D eigenvalue weighted by atomic mass is 32.2. The number of nitrogens with one attached hydrogen (secondary N) is 1. The minimum atomic E-state index is 0.436. The zero-order chi connectivity index (χ0) is 12.1. The molecule has 0 heterocycles. The standard InChI is InChI=1S/C14H19NOS/c1-17-14-8-4-12(5-9-14)15-10-11-2-6-13(16)7-3-11/h4-5,8-9,11,15H,2-3,6-7,10H2,1H3. The van der Waals surface area contributed by atoms with Crippen molar-refractivity contribution in [1.82, 2.24) is 0 Å². The topological polar surface area (TPSA) is 29.1 Å². The van der Waals surface area contributed by atoms with E-state index < -0.39 is 0 Å². The van der Waals surface area contributed by atoms with Crippen molar-refractivity contribution in [3.63, 3.8) is 0 Å². The zero-order valence-corrected chi connectivity index (χ0v) is 11.1. The number of rotatable bonds is 4. The van der Waals surface area contributed by atoms with Crippen LogP contribution in [-0.4, -0.2) is 18.6 Å². The first kappa shape index (κ1) is 12.5. The molecule has 1 aromatic carbocycles. The van der Waals surface area contributed by atoms with E-state index in [4.69, 9.17) is 0 Å². The Bertz CT molecular complexity index is 364. The zero-order valence-electron chi connectivity index (χ0n) is 10.2. The third-order valence-electron chi connectivity index (χ3n) is 3.35. The van der Waals surface area contributed by atoms with Gasteiger partial charge in [-0.3, -0.25) is 4.79 Å². The number of carbonyl (C=O) groups excluding carboxylic acids is 1. The van der Waals surface area contributed by atoms with E-state index in [0.29, 0.717) is 11.7 Å². The van der Waals surface area contributed by atoms with Crippen molar-refractivity contribution in [2.24, 2.45) is 5.92 Å². The summed E-state index contributed by atoms with van der Waals surface area (Å²) in [7, 11) is 0. The Morgan fingerprint density at radius 2 is 1.88 bits per heavy atom. The molecule has 0 atom stereocenters. The summed E-state index contributed by atoms with van der Waals surface area (Å²) in [5, 5.41) is 3.46. The van der Waals surface area contributed by atoms with Gasteiger partial charge in [-0.1, -0.05) is 0 Å². The third kappa shape index (κ3) is 3.77. The van der Waals surface area contributed by atoms with E-state index in [2.05, 4.69) is 35.8 Å². The summed E-state index contributed by atoms with van der Waals surface area (Å²) >= 11 is 1.76. The monoisotopic (exact) mass is 249 g/mol. The molecule has 1 aliphatic carbocycles. The smallest absolute Gasteiger partial charge is 0.132 e. The highest BCUT2D eigenvalue weighted by Crippen LogP contribution is 2.23. The molecule has 92 valence electrons. The molecule has 1 saturated carbocycles. The van der Waals surface area contributed by atoms with Crippen molar-refractivity contribution in [3.8, 4) is 0 Å². The van der Waals surface area contributed by atoms with Gasteiger partial charge in [0.25, 0.3) is 0 Å². The predicted octanol–water partition coefficient (Wildman–Crippen LogP) is 3.58. The SMILES string of the molecule is CSc1ccc(NCC2CCC(=O)CC2)cc1. The molecule has 0 aromatic heterocycles. The molecule has 1 aromatic rings. The average molecular weight is 249 g/mol. The Labute approximate surface area is 107 Å². The van der Waals surface area contributed by atoms with Crippen molar-refractivity contribution >= 4 is 23.2 Å². The van der Waals surface area contributed by atoms with Crippen LogP contribution in [0.25, 0.3) is 0 Å². The Balaban J connectivity index is 1.79. The Hall–Kier alpha value is -0.960. The van der Waals surface area contributed by atoms with E-state index in [9.17, 15) is 4.79 Å². The maximum absolute atomic E-state index is 11.1. The fourth-order valence-electron chi connectivity index (χ4n) is 2.17. The van der Waals surface area contributed by atoms with Crippen LogP contribution in [0.4, 0.5) is 5.69 Å². The van der Waals surface area contributed by atoms with Gasteiger partial charge in [0, 0.05) is 30.0 Å². The lowest BCUT2D eigenvalue weighted by Crippen LogP contribution is -2.20. The predicted molar refractivity (Wildman–Crippen MR) is 73.7 cm³/mol. The van der Waals surface area contributed by atoms with Crippen LogP contribution in [0.2, 0.25) is 0 Å². The number of benzene rings is 1. The van der Waals surface area contributed by atoms with Gasteiger partial charge in [0.1, 0.15) is 5.78 Å². The van der Waals surface area contributed by atoms with Crippen LogP contribution in [0.5, 0.6) is 0 Å². The molecule has 0 aliphatic heterocycles. The van der Waals surface area contributed by atoms with Crippen LogP contribution in [0.3, 0.4) is 0 Å². The second-order valence-electron chi connectivity index (χ2n) is 4.59. The number of hydrogen-bond acceptors (Lipinski definition) is 3. The van der Waals surface area contributed by atoms with Gasteiger partial charge in [-0.05, 0) is 49.3 Å². The van der Waals surface area contributed by atoms with E-state index >= 15 is 0 Å². The highest BCUT2D eigenvalue weighted by Gasteiger charge is 2.18. The van der Waals surface area contributed by atoms with Gasteiger partial charge in [0.15, 0.2) is 0 Å². The van der Waals surface area contributed by atoms with E-state index in [-0.39, 0.29) is 0 Å². The third-order valence-corrected chi connectivity index (χ3v) is 4.09. The fourth-order valence-corrected chi connectivity index (χ4v) is 2.58. The largest absolute Gasteiger partial charge is 0.385 e. The number of anilines is 1. The quantitative estimate of drug-likeness (QED) is 0.827. The summed E-state index contributed by atoms with van der Waals surface area (Å²) in [5.41, 5.74) is 1.18. The molecular weight excluding hydrogens is 230 g/mol. The molecule has 2 nitrogen and oxygen atoms in total. The van der Waals surface area contributed by atoms with Crippen molar-refractivity contribution in [3.05, 3.63) is 24.3 Å². The molecule has 1 fully saturated rings. The van der Waals surface area contributed by atoms with Crippen LogP contribution in [0, 0.1) is 5.92 Å². The van der Waals surface area contributed by atoms with Crippen LogP contribution in [0.15, 0.2) is 29.2 Å². The first-order valence-electron chi connectivity index (χ1n) is 6.17. The fraction of sp³-hybridized carbons (Fsp3) is 0.500. The van der Waals surface area contributed by atoms with Crippen LogP contribution in [-0.2, 0) is 4.79 Å². The van der Waals surface area contributed by atoms with Crippen LogP contribution in [0.1, 0.15) is 25.7 Å². The molecule has 2 rings (SSSR count). The van der Waals surface area contributed by atoms with Gasteiger partial charge in [0.2, 0.25) is 0 Å². The maximum Gasteiger partial charge on any atom is 0.132 e. The molecule has 0 unspecified atom stereocenters. The number of ketones is 1. The molecule has 0 radical (unpaired) electrons. The molecule has 17 heavy (non-hydrogen) atoms. The molecule has 0 amide bonds. The Morgan fingerprint density at radius 3 is 2.47 bits per heavy atom. The number of carbonyl (C=O) groups is 1. The number of Topliss-reactive ketones (excluding diaryl/α,β-unsaturated/α-hetero) is 1. The van der Waals surface area contributed by atoms with Gasteiger partial charge in [0.05, 0.1) is 0 Å². The van der Waals surface area contributed by atoms with Gasteiger partial charge < -0.3 is 5.32 Å². The first-order valence-corrected chi connectivity index (χ1v) is 7.40. The summed E-state index contributed by atoms with van der Waals surface area (Å²) in [6, 6.07) is 8.52. The van der Waals surface area contributed by atoms with E-state index in [0.717, 1.165) is 32.2 Å². The van der Waals surface area contributed by atoms with Crippen molar-refractivity contribution in [1.29, 1.82) is 0 Å². The van der Waals surface area contributed by atoms with Crippen LogP contribution >= 0.6 is 11.8 Å². The minimum Gasteiger partial charge on any atom is -0.385 e. The molecule has 1 aliphatic rings. The van der Waals surface area contributed by atoms with E-state index in [1.807, 2.05) is 0 Å². The van der Waals surface area contributed by atoms with Gasteiger partial charge in [-0.15, -0.1) is 11.8 Å². The summed E-state index contributed by atoms with van der Waals surface area (Å²) in [5.74, 6) is 1.10. The minimum absolute atomic E-state index is 0.436. The second kappa shape index (κ2) is 6.10. The number of thioether (sulfide) groups is 1. The lowest BCUT2D eigenvalue weighted by Gasteiger charge is -2.21. The molecular formula is C14H19NOS. The Kier molecular flexibility index (Phi) is 4.49. The van der Waals surface area contributed by atoms with Crippen molar-refractivity contribution < 1.29 is 4.79 Å². The molecule has 1 N–H and O–H groups in total. The molecule has 3 heteroatoms. The lowest BCUT2D eigenvalue weighted by molar-refractivity contribution is -0.120.